The summed E-state index contributed by atoms with van der Waals surface area (Å²) in [5.41, 5.74) is 0. The molecule has 3 N–H and O–H groups in total. The lowest BCUT2D eigenvalue weighted by atomic mass is 10.1. The zero-order chi connectivity index (χ0) is 14.5. The first-order valence-electron chi connectivity index (χ1n) is 5.03. The average molecular weight is 296 g/mol. The number of aliphatic hydroxyl groups is 1. The summed E-state index contributed by atoms with van der Waals surface area (Å²) in [6.07, 6.45) is -2.71. The molecule has 0 aromatic heterocycles. The van der Waals surface area contributed by atoms with Crippen LogP contribution in [0.5, 0.6) is 0 Å². The molecular formula is C9H16N2O5S2. The normalized spacial score (nSPS) is 15.4. The Balaban J connectivity index is 4.96. The summed E-state index contributed by atoms with van der Waals surface area (Å²) >= 11 is 7.78. The quantitative estimate of drug-likeness (QED) is 0.427. The molecule has 0 aliphatic heterocycles. The number of carbonyl (C=O) groups excluding carboxylic acids is 2. The van der Waals surface area contributed by atoms with E-state index in [1.54, 1.807) is 0 Å². The Morgan fingerprint density at radius 1 is 1.39 bits per heavy atom. The zero-order valence-corrected chi connectivity index (χ0v) is 11.7. The number of carbonyl (C=O) groups is 3. The van der Waals surface area contributed by atoms with E-state index in [2.05, 4.69) is 25.4 Å². The van der Waals surface area contributed by atoms with Gasteiger partial charge >= 0.3 is 6.09 Å². The molecule has 0 saturated carbocycles. The molecule has 0 spiro atoms. The first-order chi connectivity index (χ1) is 8.22. The summed E-state index contributed by atoms with van der Waals surface area (Å²) in [5.74, 6) is -1.11. The van der Waals surface area contributed by atoms with Crippen LogP contribution in [0.4, 0.5) is 4.79 Å². The monoisotopic (exact) mass is 296 g/mol. The van der Waals surface area contributed by atoms with Crippen molar-refractivity contribution < 1.29 is 24.6 Å². The third-order valence-electron chi connectivity index (χ3n) is 2.19. The van der Waals surface area contributed by atoms with Crippen LogP contribution in [-0.4, -0.2) is 56.2 Å². The fraction of sp³-hybridized carbons (Fsp3) is 0.667. The van der Waals surface area contributed by atoms with Crippen LogP contribution in [0, 0.1) is 0 Å². The first kappa shape index (κ1) is 17.1. The predicted molar refractivity (Wildman–Crippen MR) is 70.8 cm³/mol. The molecular weight excluding hydrogens is 280 g/mol. The maximum Gasteiger partial charge on any atom is 0.405 e. The maximum absolute atomic E-state index is 11.9. The van der Waals surface area contributed by atoms with E-state index in [9.17, 15) is 19.5 Å². The molecule has 18 heavy (non-hydrogen) atoms. The van der Waals surface area contributed by atoms with Gasteiger partial charge in [-0.15, -0.1) is 0 Å². The standard InChI is InChI=1S/C9H16N2O5S2/c1-4(12)6(3-17)11(18)8(14)7(5(2)13)10-9(15)16/h5-7,10,13,17-18H,3H2,1-2H3,(H,15,16)/t5-,6+,7+/m1/s1. The van der Waals surface area contributed by atoms with Crippen molar-refractivity contribution in [2.75, 3.05) is 5.75 Å². The number of carboxylic acid groups (broad SMARTS) is 1. The van der Waals surface area contributed by atoms with Crippen LogP contribution in [0.25, 0.3) is 0 Å². The van der Waals surface area contributed by atoms with Gasteiger partial charge in [-0.05, 0) is 13.8 Å². The Hall–Kier alpha value is -0.930. The third kappa shape index (κ3) is 4.75. The van der Waals surface area contributed by atoms with Gasteiger partial charge in [0.05, 0.1) is 6.10 Å². The number of hydrogen-bond acceptors (Lipinski definition) is 6. The highest BCUT2D eigenvalue weighted by Gasteiger charge is 2.33. The molecule has 0 radical (unpaired) electrons. The highest BCUT2D eigenvalue weighted by molar-refractivity contribution is 7.80. The van der Waals surface area contributed by atoms with Crippen molar-refractivity contribution in [1.82, 2.24) is 9.62 Å². The summed E-state index contributed by atoms with van der Waals surface area (Å²) in [5, 5.41) is 19.8. The highest BCUT2D eigenvalue weighted by atomic mass is 32.1. The molecule has 3 atom stereocenters. The Morgan fingerprint density at radius 2 is 1.89 bits per heavy atom. The van der Waals surface area contributed by atoms with Crippen LogP contribution in [0.15, 0.2) is 0 Å². The van der Waals surface area contributed by atoms with E-state index in [0.29, 0.717) is 0 Å². The van der Waals surface area contributed by atoms with E-state index in [0.717, 1.165) is 4.31 Å². The Bertz CT molecular complexity index is 337. The molecule has 0 unspecified atom stereocenters. The highest BCUT2D eigenvalue weighted by Crippen LogP contribution is 2.11. The van der Waals surface area contributed by atoms with Gasteiger partial charge in [-0.25, -0.2) is 4.79 Å². The molecule has 104 valence electrons. The van der Waals surface area contributed by atoms with Gasteiger partial charge in [-0.1, -0.05) is 12.8 Å². The molecule has 2 amide bonds. The SMILES string of the molecule is CC(=O)[C@H](CS)N(S)C(=O)[C@@H](NC(=O)O)[C@@H](C)O. The topological polar surface area (TPSA) is 107 Å². The van der Waals surface area contributed by atoms with Crippen LogP contribution < -0.4 is 5.32 Å². The number of ketones is 1. The van der Waals surface area contributed by atoms with E-state index in [4.69, 9.17) is 5.11 Å². The van der Waals surface area contributed by atoms with E-state index >= 15 is 0 Å². The largest absolute Gasteiger partial charge is 0.465 e. The number of nitrogens with zero attached hydrogens (tertiary/aromatic N) is 1. The van der Waals surface area contributed by atoms with Crippen LogP contribution in [0.2, 0.25) is 0 Å². The minimum Gasteiger partial charge on any atom is -0.465 e. The summed E-state index contributed by atoms with van der Waals surface area (Å²) < 4.78 is 0.780. The van der Waals surface area contributed by atoms with Crippen molar-refractivity contribution in [3.63, 3.8) is 0 Å². The van der Waals surface area contributed by atoms with Crippen LogP contribution in [0.1, 0.15) is 13.8 Å². The van der Waals surface area contributed by atoms with E-state index in [-0.39, 0.29) is 11.5 Å². The second-order valence-corrected chi connectivity index (χ2v) is 4.46. The molecule has 0 fully saturated rings. The van der Waals surface area contributed by atoms with Gasteiger partial charge in [-0.2, -0.15) is 12.6 Å². The molecule has 0 bridgehead atoms. The molecule has 7 nitrogen and oxygen atoms in total. The van der Waals surface area contributed by atoms with Gasteiger partial charge in [0.25, 0.3) is 5.91 Å². The van der Waals surface area contributed by atoms with Crippen LogP contribution in [-0.2, 0) is 9.59 Å². The maximum atomic E-state index is 11.9. The number of Topliss-reactive ketones (excluding diaryl/α,β-unsaturated/α-hetero) is 1. The Morgan fingerprint density at radius 3 is 2.17 bits per heavy atom. The summed E-state index contributed by atoms with van der Waals surface area (Å²) in [6, 6.07) is -2.28. The van der Waals surface area contributed by atoms with Gasteiger partial charge < -0.3 is 15.5 Å². The minimum absolute atomic E-state index is 0.0458. The Kier molecular flexibility index (Phi) is 7.11. The molecule has 0 aliphatic rings. The second-order valence-electron chi connectivity index (χ2n) is 3.66. The average Bonchev–Trinajstić information content (AvgIpc) is 2.24. The summed E-state index contributed by atoms with van der Waals surface area (Å²) in [7, 11) is 0. The Labute approximate surface area is 115 Å². The third-order valence-corrected chi connectivity index (χ3v) is 3.01. The molecule has 9 heteroatoms. The number of aliphatic hydroxyl groups excluding tert-OH is 1. The first-order valence-corrected chi connectivity index (χ1v) is 6.06. The van der Waals surface area contributed by atoms with Gasteiger partial charge in [0.2, 0.25) is 0 Å². The van der Waals surface area contributed by atoms with Crippen molar-refractivity contribution in [2.45, 2.75) is 32.0 Å². The lowest BCUT2D eigenvalue weighted by molar-refractivity contribution is -0.135. The zero-order valence-electron chi connectivity index (χ0n) is 9.90. The van der Waals surface area contributed by atoms with Crippen LogP contribution >= 0.6 is 25.4 Å². The fourth-order valence-electron chi connectivity index (χ4n) is 1.20. The molecule has 0 aromatic rings. The predicted octanol–water partition coefficient (Wildman–Crippen LogP) is -0.436. The minimum atomic E-state index is -1.46. The van der Waals surface area contributed by atoms with Gasteiger partial charge in [-0.3, -0.25) is 13.9 Å². The second kappa shape index (κ2) is 7.49. The number of nitrogens with one attached hydrogen (secondary N) is 1. The number of amides is 2. The lowest BCUT2D eigenvalue weighted by Gasteiger charge is -2.28. The smallest absolute Gasteiger partial charge is 0.405 e. The van der Waals surface area contributed by atoms with E-state index < -0.39 is 30.2 Å². The molecule has 0 heterocycles. The van der Waals surface area contributed by atoms with Crippen molar-refractivity contribution in [3.05, 3.63) is 0 Å². The van der Waals surface area contributed by atoms with Crippen molar-refractivity contribution in [3.8, 4) is 0 Å². The number of hydrogen-bond donors (Lipinski definition) is 5. The van der Waals surface area contributed by atoms with Gasteiger partial charge in [0.1, 0.15) is 12.1 Å². The van der Waals surface area contributed by atoms with Crippen molar-refractivity contribution in [2.24, 2.45) is 0 Å². The van der Waals surface area contributed by atoms with Gasteiger partial charge in [0, 0.05) is 5.75 Å². The molecule has 0 aromatic carbocycles. The molecule has 0 rings (SSSR count). The summed E-state index contributed by atoms with van der Waals surface area (Å²) in [6.45, 7) is 2.52. The lowest BCUT2D eigenvalue weighted by Crippen LogP contribution is -2.54. The fourth-order valence-corrected chi connectivity index (χ4v) is 2.11. The van der Waals surface area contributed by atoms with Crippen LogP contribution in [0.3, 0.4) is 0 Å². The van der Waals surface area contributed by atoms with Crippen molar-refractivity contribution >= 4 is 43.2 Å². The van der Waals surface area contributed by atoms with Gasteiger partial charge in [0.15, 0.2) is 5.78 Å². The number of thiol groups is 2. The number of rotatable bonds is 6. The molecule has 0 saturated heterocycles. The van der Waals surface area contributed by atoms with Crippen molar-refractivity contribution in [1.29, 1.82) is 0 Å². The molecule has 0 aliphatic carbocycles. The van der Waals surface area contributed by atoms with E-state index in [1.165, 1.54) is 13.8 Å². The summed E-state index contributed by atoms with van der Waals surface area (Å²) in [4.78, 5) is 33.7. The van der Waals surface area contributed by atoms with E-state index in [1.807, 2.05) is 5.32 Å².